The molecular weight excluding hydrogens is 397 g/mol. The van der Waals surface area contributed by atoms with Crippen molar-refractivity contribution in [1.29, 1.82) is 0 Å². The lowest BCUT2D eigenvalue weighted by Crippen LogP contribution is -2.21. The Labute approximate surface area is 175 Å². The maximum absolute atomic E-state index is 6.17. The minimum Gasteiger partial charge on any atom is -0.489 e. The molecule has 3 rings (SSSR count). The fourth-order valence-electron chi connectivity index (χ4n) is 2.63. The van der Waals surface area contributed by atoms with Gasteiger partial charge in [-0.15, -0.1) is 0 Å². The number of thiocarbonyl (C=S) groups is 1. The lowest BCUT2D eigenvalue weighted by atomic mass is 10.1. The van der Waals surface area contributed by atoms with Crippen LogP contribution in [-0.2, 0) is 13.2 Å². The van der Waals surface area contributed by atoms with Gasteiger partial charge in [0.25, 0.3) is 0 Å². The molecule has 0 radical (unpaired) electrons. The van der Waals surface area contributed by atoms with Gasteiger partial charge in [0.1, 0.15) is 17.3 Å². The van der Waals surface area contributed by atoms with Crippen molar-refractivity contribution in [2.45, 2.75) is 20.1 Å². The third kappa shape index (κ3) is 5.46. The summed E-state index contributed by atoms with van der Waals surface area (Å²) >= 11 is 17.8. The van der Waals surface area contributed by atoms with E-state index in [1.807, 2.05) is 36.4 Å². The average molecular weight is 416 g/mol. The molecule has 2 nitrogen and oxygen atoms in total. The molecular formula is C22H19Cl2NOS. The third-order valence-corrected chi connectivity index (χ3v) is 5.19. The van der Waals surface area contributed by atoms with Crippen molar-refractivity contribution in [2.24, 2.45) is 0 Å². The van der Waals surface area contributed by atoms with Crippen molar-refractivity contribution in [3.05, 3.63) is 99.0 Å². The summed E-state index contributed by atoms with van der Waals surface area (Å²) in [5.74, 6) is 0.733. The monoisotopic (exact) mass is 415 g/mol. The minimum atomic E-state index is 0.313. The predicted octanol–water partition coefficient (Wildman–Crippen LogP) is 6.35. The molecule has 0 amide bonds. The first kappa shape index (κ1) is 19.7. The number of rotatable bonds is 6. The van der Waals surface area contributed by atoms with Gasteiger partial charge in [-0.1, -0.05) is 71.3 Å². The van der Waals surface area contributed by atoms with Gasteiger partial charge >= 0.3 is 0 Å². The van der Waals surface area contributed by atoms with Gasteiger partial charge in [0.2, 0.25) is 0 Å². The highest BCUT2D eigenvalue weighted by Gasteiger charge is 2.07. The van der Waals surface area contributed by atoms with Crippen molar-refractivity contribution in [3.8, 4) is 5.75 Å². The second kappa shape index (κ2) is 9.23. The Morgan fingerprint density at radius 1 is 0.963 bits per heavy atom. The van der Waals surface area contributed by atoms with E-state index < -0.39 is 0 Å². The fourth-order valence-corrected chi connectivity index (χ4v) is 3.35. The van der Waals surface area contributed by atoms with E-state index in [1.165, 1.54) is 11.1 Å². The number of benzene rings is 3. The minimum absolute atomic E-state index is 0.313. The molecule has 0 fully saturated rings. The van der Waals surface area contributed by atoms with Gasteiger partial charge < -0.3 is 10.1 Å². The first-order valence-corrected chi connectivity index (χ1v) is 9.69. The highest BCUT2D eigenvalue weighted by Crippen LogP contribution is 2.26. The molecule has 3 aromatic rings. The van der Waals surface area contributed by atoms with Crippen LogP contribution < -0.4 is 10.1 Å². The molecule has 3 aromatic carbocycles. The normalized spacial score (nSPS) is 10.5. The number of nitrogens with one attached hydrogen (secondary N) is 1. The second-order valence-electron chi connectivity index (χ2n) is 6.18. The maximum Gasteiger partial charge on any atom is 0.119 e. The van der Waals surface area contributed by atoms with E-state index in [9.17, 15) is 0 Å². The molecule has 1 N–H and O–H groups in total. The van der Waals surface area contributed by atoms with Crippen molar-refractivity contribution in [2.75, 3.05) is 0 Å². The van der Waals surface area contributed by atoms with Crippen LogP contribution in [0.25, 0.3) is 0 Å². The molecule has 5 heteroatoms. The van der Waals surface area contributed by atoms with Crippen LogP contribution in [0.5, 0.6) is 5.75 Å². The molecule has 0 unspecified atom stereocenters. The zero-order chi connectivity index (χ0) is 19.2. The second-order valence-corrected chi connectivity index (χ2v) is 7.41. The molecule has 0 bridgehead atoms. The Hall–Kier alpha value is -2.07. The molecule has 0 aliphatic carbocycles. The fraction of sp³-hybridized carbons (Fsp3) is 0.136. The van der Waals surface area contributed by atoms with E-state index in [-0.39, 0.29) is 0 Å². The number of aryl methyl sites for hydroxylation is 1. The molecule has 0 heterocycles. The maximum atomic E-state index is 6.17. The molecule has 0 aromatic heterocycles. The summed E-state index contributed by atoms with van der Waals surface area (Å²) in [6.07, 6.45) is 0. The van der Waals surface area contributed by atoms with E-state index in [4.69, 9.17) is 40.2 Å². The van der Waals surface area contributed by atoms with Crippen LogP contribution in [0.15, 0.2) is 66.7 Å². The van der Waals surface area contributed by atoms with Crippen LogP contribution in [0.3, 0.4) is 0 Å². The van der Waals surface area contributed by atoms with Crippen molar-refractivity contribution in [3.63, 3.8) is 0 Å². The summed E-state index contributed by atoms with van der Waals surface area (Å²) in [5.41, 5.74) is 4.16. The quantitative estimate of drug-likeness (QED) is 0.474. The first-order valence-electron chi connectivity index (χ1n) is 8.52. The van der Waals surface area contributed by atoms with Gasteiger partial charge in [-0.3, -0.25) is 0 Å². The van der Waals surface area contributed by atoms with Crippen LogP contribution >= 0.6 is 35.4 Å². The van der Waals surface area contributed by atoms with E-state index in [2.05, 4.69) is 30.4 Å². The van der Waals surface area contributed by atoms with E-state index >= 15 is 0 Å². The highest BCUT2D eigenvalue weighted by molar-refractivity contribution is 7.80. The first-order chi connectivity index (χ1) is 13.0. The zero-order valence-electron chi connectivity index (χ0n) is 14.8. The summed E-state index contributed by atoms with van der Waals surface area (Å²) < 4.78 is 5.80. The van der Waals surface area contributed by atoms with Gasteiger partial charge in [-0.05, 0) is 48.9 Å². The van der Waals surface area contributed by atoms with Gasteiger partial charge in [0.15, 0.2) is 0 Å². The van der Waals surface area contributed by atoms with E-state index in [0.29, 0.717) is 28.2 Å². The SMILES string of the molecule is Cc1cccc(CNC(=S)c2ccc(OCc3c(Cl)cccc3Cl)cc2)c1. The number of hydrogen-bond acceptors (Lipinski definition) is 2. The summed E-state index contributed by atoms with van der Waals surface area (Å²) in [5, 5.41) is 4.49. The van der Waals surface area contributed by atoms with Gasteiger partial charge in [0.05, 0.1) is 0 Å². The van der Waals surface area contributed by atoms with Crippen LogP contribution in [-0.4, -0.2) is 4.99 Å². The molecule has 0 spiro atoms. The Balaban J connectivity index is 1.57. The van der Waals surface area contributed by atoms with E-state index in [0.717, 1.165) is 16.9 Å². The Kier molecular flexibility index (Phi) is 6.73. The molecule has 0 aliphatic rings. The Bertz CT molecular complexity index is 921. The summed E-state index contributed by atoms with van der Waals surface area (Å²) in [6, 6.07) is 21.4. The molecule has 0 atom stereocenters. The van der Waals surface area contributed by atoms with Crippen molar-refractivity contribution in [1.82, 2.24) is 5.32 Å². The largest absolute Gasteiger partial charge is 0.489 e. The molecule has 0 saturated carbocycles. The van der Waals surface area contributed by atoms with E-state index in [1.54, 1.807) is 12.1 Å². The number of ether oxygens (including phenoxy) is 1. The lowest BCUT2D eigenvalue weighted by Gasteiger charge is -2.11. The van der Waals surface area contributed by atoms with Gasteiger partial charge in [-0.25, -0.2) is 0 Å². The van der Waals surface area contributed by atoms with Crippen molar-refractivity contribution < 1.29 is 4.74 Å². The standard InChI is InChI=1S/C22H19Cl2NOS/c1-15-4-2-5-16(12-15)13-25-22(27)17-8-10-18(11-9-17)26-14-19-20(23)6-3-7-21(19)24/h2-12H,13-14H2,1H3,(H,25,27). The molecule has 138 valence electrons. The smallest absolute Gasteiger partial charge is 0.119 e. The molecule has 0 saturated heterocycles. The molecule has 27 heavy (non-hydrogen) atoms. The highest BCUT2D eigenvalue weighted by atomic mass is 35.5. The van der Waals surface area contributed by atoms with Crippen LogP contribution in [0.2, 0.25) is 10.0 Å². The van der Waals surface area contributed by atoms with Gasteiger partial charge in [-0.2, -0.15) is 0 Å². The average Bonchev–Trinajstić information content (AvgIpc) is 2.66. The number of halogens is 2. The Morgan fingerprint density at radius 3 is 2.30 bits per heavy atom. The third-order valence-electron chi connectivity index (χ3n) is 4.10. The predicted molar refractivity (Wildman–Crippen MR) is 117 cm³/mol. The van der Waals surface area contributed by atoms with Crippen LogP contribution in [0.1, 0.15) is 22.3 Å². The summed E-state index contributed by atoms with van der Waals surface area (Å²) in [7, 11) is 0. The number of hydrogen-bond donors (Lipinski definition) is 1. The summed E-state index contributed by atoms with van der Waals surface area (Å²) in [4.78, 5) is 0.706. The van der Waals surface area contributed by atoms with Crippen LogP contribution in [0.4, 0.5) is 0 Å². The Morgan fingerprint density at radius 2 is 1.63 bits per heavy atom. The van der Waals surface area contributed by atoms with Gasteiger partial charge in [0, 0.05) is 27.7 Å². The molecule has 0 aliphatic heterocycles. The lowest BCUT2D eigenvalue weighted by molar-refractivity contribution is 0.306. The van der Waals surface area contributed by atoms with Crippen molar-refractivity contribution >= 4 is 40.4 Å². The zero-order valence-corrected chi connectivity index (χ0v) is 17.2. The summed E-state index contributed by atoms with van der Waals surface area (Å²) in [6.45, 7) is 3.09. The van der Waals surface area contributed by atoms with Crippen LogP contribution in [0, 0.1) is 6.92 Å². The topological polar surface area (TPSA) is 21.3 Å².